The van der Waals surface area contributed by atoms with Gasteiger partial charge in [-0.05, 0) is 6.58 Å². The molecule has 0 spiro atoms. The highest BCUT2D eigenvalue weighted by Crippen LogP contribution is 2.07. The van der Waals surface area contributed by atoms with Gasteiger partial charge in [-0.25, -0.2) is 0 Å². The largest absolute Gasteiger partial charge is 0.303 e. The first kappa shape index (κ1) is 7.70. The van der Waals surface area contributed by atoms with Gasteiger partial charge < -0.3 is 4.48 Å². The van der Waals surface area contributed by atoms with E-state index in [1.165, 1.54) is 5.70 Å². The maximum absolute atomic E-state index is 3.92. The molecule has 0 aromatic rings. The van der Waals surface area contributed by atoms with Gasteiger partial charge in [-0.1, -0.05) is 6.92 Å². The van der Waals surface area contributed by atoms with Gasteiger partial charge in [0.05, 0.1) is 21.1 Å². The second-order valence-electron chi connectivity index (χ2n) is 2.93. The van der Waals surface area contributed by atoms with Gasteiger partial charge in [0.25, 0.3) is 0 Å². The minimum Gasteiger partial charge on any atom is -0.303 e. The smallest absolute Gasteiger partial charge is 0.101 e. The van der Waals surface area contributed by atoms with Gasteiger partial charge in [0, 0.05) is 6.42 Å². The minimum atomic E-state index is 0.885. The van der Waals surface area contributed by atoms with Gasteiger partial charge in [-0.3, -0.25) is 0 Å². The first-order valence-corrected chi connectivity index (χ1v) is 2.98. The summed E-state index contributed by atoms with van der Waals surface area (Å²) in [5.74, 6) is 0. The predicted octanol–water partition coefficient (Wildman–Crippen LogP) is 1.62. The molecule has 0 aliphatic carbocycles. The third-order valence-corrected chi connectivity index (χ3v) is 1.36. The maximum atomic E-state index is 3.92. The molecule has 0 atom stereocenters. The molecule has 0 aliphatic heterocycles. The summed E-state index contributed by atoms with van der Waals surface area (Å²) in [7, 11) is 6.39. The van der Waals surface area contributed by atoms with Crippen LogP contribution < -0.4 is 0 Å². The maximum Gasteiger partial charge on any atom is 0.101 e. The van der Waals surface area contributed by atoms with Gasteiger partial charge in [0.15, 0.2) is 0 Å². The lowest BCUT2D eigenvalue weighted by molar-refractivity contribution is -0.832. The Morgan fingerprint density at radius 3 is 1.75 bits per heavy atom. The lowest BCUT2D eigenvalue weighted by Gasteiger charge is -2.24. The van der Waals surface area contributed by atoms with Crippen molar-refractivity contribution in [3.8, 4) is 0 Å². The molecule has 0 rings (SSSR count). The van der Waals surface area contributed by atoms with Gasteiger partial charge in [-0.2, -0.15) is 0 Å². The molecule has 0 unspecified atom stereocenters. The monoisotopic (exact) mass is 114 g/mol. The quantitative estimate of drug-likeness (QED) is 0.478. The Labute approximate surface area is 52.2 Å². The summed E-state index contributed by atoms with van der Waals surface area (Å²) >= 11 is 0. The molecule has 0 fully saturated rings. The highest BCUT2D eigenvalue weighted by atomic mass is 15.3. The number of rotatable bonds is 2. The third-order valence-electron chi connectivity index (χ3n) is 1.36. The summed E-state index contributed by atoms with van der Waals surface area (Å²) in [5, 5.41) is 0. The summed E-state index contributed by atoms with van der Waals surface area (Å²) in [4.78, 5) is 0. The molecular weight excluding hydrogens is 98.1 g/mol. The number of hydrogen-bond donors (Lipinski definition) is 0. The van der Waals surface area contributed by atoms with Crippen molar-refractivity contribution < 1.29 is 4.48 Å². The SMILES string of the molecule is C=C(CC)[N+](C)(C)C. The second-order valence-corrected chi connectivity index (χ2v) is 2.93. The van der Waals surface area contributed by atoms with E-state index in [9.17, 15) is 0 Å². The van der Waals surface area contributed by atoms with E-state index >= 15 is 0 Å². The zero-order valence-electron chi connectivity index (χ0n) is 6.36. The predicted molar refractivity (Wildman–Crippen MR) is 37.5 cm³/mol. The van der Waals surface area contributed by atoms with Crippen LogP contribution in [0.2, 0.25) is 0 Å². The molecule has 1 heteroatoms. The number of allylic oxidation sites excluding steroid dienone is 1. The van der Waals surface area contributed by atoms with Crippen LogP contribution in [0.3, 0.4) is 0 Å². The van der Waals surface area contributed by atoms with E-state index < -0.39 is 0 Å². The van der Waals surface area contributed by atoms with E-state index in [1.807, 2.05) is 0 Å². The van der Waals surface area contributed by atoms with Crippen molar-refractivity contribution in [3.05, 3.63) is 12.3 Å². The number of quaternary nitrogens is 1. The molecule has 0 saturated carbocycles. The third kappa shape index (κ3) is 2.12. The van der Waals surface area contributed by atoms with Gasteiger partial charge >= 0.3 is 0 Å². The molecule has 1 nitrogen and oxygen atoms in total. The van der Waals surface area contributed by atoms with Crippen molar-refractivity contribution in [1.29, 1.82) is 0 Å². The second kappa shape index (κ2) is 2.31. The Kier molecular flexibility index (Phi) is 2.23. The number of nitrogens with zero attached hydrogens (tertiary/aromatic N) is 1. The van der Waals surface area contributed by atoms with Gasteiger partial charge in [0.2, 0.25) is 0 Å². The molecule has 48 valence electrons. The van der Waals surface area contributed by atoms with Crippen molar-refractivity contribution >= 4 is 0 Å². The van der Waals surface area contributed by atoms with Crippen LogP contribution in [0.25, 0.3) is 0 Å². The van der Waals surface area contributed by atoms with Crippen LogP contribution in [0.1, 0.15) is 13.3 Å². The molecule has 8 heavy (non-hydrogen) atoms. The highest BCUT2D eigenvalue weighted by molar-refractivity contribution is 4.78. The van der Waals surface area contributed by atoms with Crippen molar-refractivity contribution in [2.24, 2.45) is 0 Å². The summed E-state index contributed by atoms with van der Waals surface area (Å²) in [5.41, 5.74) is 1.27. The van der Waals surface area contributed by atoms with Crippen molar-refractivity contribution in [3.63, 3.8) is 0 Å². The van der Waals surface area contributed by atoms with Crippen molar-refractivity contribution in [1.82, 2.24) is 0 Å². The van der Waals surface area contributed by atoms with Crippen molar-refractivity contribution in [2.75, 3.05) is 21.1 Å². The van der Waals surface area contributed by atoms with Crippen LogP contribution in [0.5, 0.6) is 0 Å². The Hall–Kier alpha value is -0.300. The fraction of sp³-hybridized carbons (Fsp3) is 0.714. The van der Waals surface area contributed by atoms with E-state index in [1.54, 1.807) is 0 Å². The Morgan fingerprint density at radius 1 is 1.38 bits per heavy atom. The zero-order chi connectivity index (χ0) is 6.78. The Balaban J connectivity index is 3.82. The van der Waals surface area contributed by atoms with Gasteiger partial charge in [-0.15, -0.1) is 0 Å². The molecule has 0 radical (unpaired) electrons. The van der Waals surface area contributed by atoms with E-state index in [2.05, 4.69) is 34.6 Å². The van der Waals surface area contributed by atoms with Crippen LogP contribution in [0.4, 0.5) is 0 Å². The van der Waals surface area contributed by atoms with Crippen LogP contribution in [-0.4, -0.2) is 25.6 Å². The molecular formula is C7H16N+. The van der Waals surface area contributed by atoms with E-state index in [-0.39, 0.29) is 0 Å². The average molecular weight is 114 g/mol. The van der Waals surface area contributed by atoms with Crippen LogP contribution in [-0.2, 0) is 0 Å². The van der Waals surface area contributed by atoms with E-state index in [0.717, 1.165) is 10.9 Å². The molecule has 0 saturated heterocycles. The van der Waals surface area contributed by atoms with Crippen LogP contribution in [0.15, 0.2) is 12.3 Å². The summed E-state index contributed by atoms with van der Waals surface area (Å²) in [6, 6.07) is 0. The lowest BCUT2D eigenvalue weighted by atomic mass is 10.3. The molecule has 0 heterocycles. The highest BCUT2D eigenvalue weighted by Gasteiger charge is 2.09. The van der Waals surface area contributed by atoms with Crippen molar-refractivity contribution in [2.45, 2.75) is 13.3 Å². The molecule has 0 bridgehead atoms. The number of hydrogen-bond acceptors (Lipinski definition) is 0. The average Bonchev–Trinajstić information content (AvgIpc) is 1.62. The normalized spacial score (nSPS) is 11.5. The summed E-state index contributed by atoms with van der Waals surface area (Å²) in [6.07, 6.45) is 1.07. The molecule has 0 amide bonds. The van der Waals surface area contributed by atoms with E-state index in [0.29, 0.717) is 0 Å². The molecule has 0 aliphatic rings. The Bertz CT molecular complexity index is 87.1. The summed E-state index contributed by atoms with van der Waals surface area (Å²) < 4.78 is 0.885. The fourth-order valence-corrected chi connectivity index (χ4v) is 0.474. The van der Waals surface area contributed by atoms with E-state index in [4.69, 9.17) is 0 Å². The topological polar surface area (TPSA) is 0 Å². The Morgan fingerprint density at radius 2 is 1.75 bits per heavy atom. The molecule has 0 aromatic heterocycles. The molecule has 0 N–H and O–H groups in total. The minimum absolute atomic E-state index is 0.885. The zero-order valence-corrected chi connectivity index (χ0v) is 6.36. The van der Waals surface area contributed by atoms with Crippen LogP contribution in [0, 0.1) is 0 Å². The summed E-state index contributed by atoms with van der Waals surface area (Å²) in [6.45, 7) is 6.05. The first-order valence-electron chi connectivity index (χ1n) is 2.98. The first-order chi connectivity index (χ1) is 3.48. The molecule has 0 aromatic carbocycles. The standard InChI is InChI=1S/C7H16N/c1-6-7(2)8(3,4)5/h2,6H2,1,3-5H3/q+1. The van der Waals surface area contributed by atoms with Gasteiger partial charge in [0.1, 0.15) is 5.70 Å². The lowest BCUT2D eigenvalue weighted by Crippen LogP contribution is -2.32. The fourth-order valence-electron chi connectivity index (χ4n) is 0.474. The van der Waals surface area contributed by atoms with Crippen LogP contribution >= 0.6 is 0 Å².